The van der Waals surface area contributed by atoms with Gasteiger partial charge in [-0.25, -0.2) is 0 Å². The topological polar surface area (TPSA) is 50.9 Å². The SMILES string of the molecule is Cc1ccc(C(O)Cc2cn(C)nn2)c(C)c1. The highest BCUT2D eigenvalue weighted by Crippen LogP contribution is 2.21. The van der Waals surface area contributed by atoms with Crippen LogP contribution in [0.4, 0.5) is 0 Å². The summed E-state index contributed by atoms with van der Waals surface area (Å²) in [4.78, 5) is 0. The van der Waals surface area contributed by atoms with E-state index < -0.39 is 6.10 Å². The monoisotopic (exact) mass is 231 g/mol. The fraction of sp³-hybridized carbons (Fsp3) is 0.385. The number of aryl methyl sites for hydroxylation is 3. The zero-order valence-electron chi connectivity index (χ0n) is 10.4. The standard InChI is InChI=1S/C13H17N3O/c1-9-4-5-12(10(2)6-9)13(17)7-11-8-16(3)15-14-11/h4-6,8,13,17H,7H2,1-3H3. The number of nitrogens with zero attached hydrogens (tertiary/aromatic N) is 3. The second kappa shape index (κ2) is 4.67. The van der Waals surface area contributed by atoms with Crippen LogP contribution in [0.3, 0.4) is 0 Å². The Morgan fingerprint density at radius 1 is 1.35 bits per heavy atom. The van der Waals surface area contributed by atoms with Gasteiger partial charge in [0.2, 0.25) is 0 Å². The summed E-state index contributed by atoms with van der Waals surface area (Å²) in [7, 11) is 1.82. The first kappa shape index (κ1) is 11.8. The number of aromatic nitrogens is 3. The first-order valence-electron chi connectivity index (χ1n) is 5.66. The molecule has 0 aliphatic heterocycles. The molecule has 0 aliphatic rings. The fourth-order valence-electron chi connectivity index (χ4n) is 2.00. The van der Waals surface area contributed by atoms with E-state index in [1.54, 1.807) is 4.68 Å². The minimum atomic E-state index is -0.521. The van der Waals surface area contributed by atoms with Crippen LogP contribution in [0.1, 0.15) is 28.5 Å². The van der Waals surface area contributed by atoms with Crippen LogP contribution in [0, 0.1) is 13.8 Å². The average molecular weight is 231 g/mol. The minimum absolute atomic E-state index is 0.498. The Morgan fingerprint density at radius 3 is 2.71 bits per heavy atom. The number of aliphatic hydroxyl groups is 1. The summed E-state index contributed by atoms with van der Waals surface area (Å²) in [6.07, 6.45) is 1.80. The lowest BCUT2D eigenvalue weighted by molar-refractivity contribution is 0.176. The van der Waals surface area contributed by atoms with Gasteiger partial charge in [0.15, 0.2) is 0 Å². The molecule has 4 nitrogen and oxygen atoms in total. The molecule has 1 atom stereocenters. The molecule has 2 rings (SSSR count). The van der Waals surface area contributed by atoms with E-state index in [0.717, 1.165) is 16.8 Å². The van der Waals surface area contributed by atoms with Gasteiger partial charge in [-0.15, -0.1) is 5.10 Å². The predicted octanol–water partition coefficient (Wildman–Crippen LogP) is 1.71. The van der Waals surface area contributed by atoms with Crippen molar-refractivity contribution in [3.05, 3.63) is 46.8 Å². The molecular weight excluding hydrogens is 214 g/mol. The van der Waals surface area contributed by atoms with Crippen molar-refractivity contribution in [1.82, 2.24) is 15.0 Å². The van der Waals surface area contributed by atoms with Crippen LogP contribution >= 0.6 is 0 Å². The Kier molecular flexibility index (Phi) is 3.24. The maximum absolute atomic E-state index is 10.2. The molecule has 0 aliphatic carbocycles. The van der Waals surface area contributed by atoms with Crippen molar-refractivity contribution < 1.29 is 5.11 Å². The van der Waals surface area contributed by atoms with Crippen molar-refractivity contribution >= 4 is 0 Å². The molecule has 0 saturated heterocycles. The summed E-state index contributed by atoms with van der Waals surface area (Å²) in [6.45, 7) is 4.06. The lowest BCUT2D eigenvalue weighted by Gasteiger charge is -2.12. The molecule has 0 radical (unpaired) electrons. The van der Waals surface area contributed by atoms with Gasteiger partial charge in [0.05, 0.1) is 11.8 Å². The van der Waals surface area contributed by atoms with Crippen molar-refractivity contribution in [3.8, 4) is 0 Å². The van der Waals surface area contributed by atoms with Crippen molar-refractivity contribution in [2.45, 2.75) is 26.4 Å². The Bertz CT molecular complexity index is 519. The fourth-order valence-corrected chi connectivity index (χ4v) is 2.00. The second-order valence-electron chi connectivity index (χ2n) is 4.46. The third kappa shape index (κ3) is 2.71. The highest BCUT2D eigenvalue weighted by molar-refractivity contribution is 5.32. The van der Waals surface area contributed by atoms with Gasteiger partial charge in [-0.05, 0) is 25.0 Å². The number of benzene rings is 1. The van der Waals surface area contributed by atoms with Crippen LogP contribution < -0.4 is 0 Å². The maximum atomic E-state index is 10.2. The normalized spacial score (nSPS) is 12.7. The summed E-state index contributed by atoms with van der Waals surface area (Å²) in [5.74, 6) is 0. The average Bonchev–Trinajstić information content (AvgIpc) is 2.63. The van der Waals surface area contributed by atoms with Crippen LogP contribution in [0.5, 0.6) is 0 Å². The van der Waals surface area contributed by atoms with E-state index in [1.165, 1.54) is 5.56 Å². The summed E-state index contributed by atoms with van der Waals surface area (Å²) in [5.41, 5.74) is 4.08. The Morgan fingerprint density at radius 2 is 2.12 bits per heavy atom. The molecule has 1 aromatic carbocycles. The summed E-state index contributed by atoms with van der Waals surface area (Å²) >= 11 is 0. The predicted molar refractivity (Wildman–Crippen MR) is 65.6 cm³/mol. The van der Waals surface area contributed by atoms with E-state index in [4.69, 9.17) is 0 Å². The van der Waals surface area contributed by atoms with Crippen LogP contribution in [0.25, 0.3) is 0 Å². The molecular formula is C13H17N3O. The number of rotatable bonds is 3. The number of hydrogen-bond acceptors (Lipinski definition) is 3. The zero-order chi connectivity index (χ0) is 12.4. The van der Waals surface area contributed by atoms with Crippen LogP contribution in [0.2, 0.25) is 0 Å². The van der Waals surface area contributed by atoms with Gasteiger partial charge in [-0.3, -0.25) is 4.68 Å². The molecule has 1 N–H and O–H groups in total. The summed E-state index contributed by atoms with van der Waals surface area (Å²) in [6, 6.07) is 6.07. The molecule has 17 heavy (non-hydrogen) atoms. The largest absolute Gasteiger partial charge is 0.388 e. The van der Waals surface area contributed by atoms with E-state index >= 15 is 0 Å². The molecule has 0 bridgehead atoms. The van der Waals surface area contributed by atoms with Gasteiger partial charge < -0.3 is 5.11 Å². The van der Waals surface area contributed by atoms with Crippen molar-refractivity contribution in [1.29, 1.82) is 0 Å². The van der Waals surface area contributed by atoms with Crippen molar-refractivity contribution in [3.63, 3.8) is 0 Å². The van der Waals surface area contributed by atoms with E-state index in [2.05, 4.69) is 16.4 Å². The third-order valence-corrected chi connectivity index (χ3v) is 2.84. The minimum Gasteiger partial charge on any atom is -0.388 e. The highest BCUT2D eigenvalue weighted by atomic mass is 16.3. The molecule has 4 heteroatoms. The summed E-state index contributed by atoms with van der Waals surface area (Å²) < 4.78 is 1.64. The molecule has 90 valence electrons. The van der Waals surface area contributed by atoms with Gasteiger partial charge in [-0.2, -0.15) is 0 Å². The number of aliphatic hydroxyl groups excluding tert-OH is 1. The van der Waals surface area contributed by atoms with Crippen molar-refractivity contribution in [2.75, 3.05) is 0 Å². The Hall–Kier alpha value is -1.68. The summed E-state index contributed by atoms with van der Waals surface area (Å²) in [5, 5.41) is 18.0. The van der Waals surface area contributed by atoms with Crippen LogP contribution in [0.15, 0.2) is 24.4 Å². The molecule has 0 spiro atoms. The Balaban J connectivity index is 2.17. The van der Waals surface area contributed by atoms with E-state index in [-0.39, 0.29) is 0 Å². The molecule has 1 aromatic heterocycles. The molecule has 1 heterocycles. The molecule has 0 fully saturated rings. The van der Waals surface area contributed by atoms with Crippen LogP contribution in [-0.2, 0) is 13.5 Å². The van der Waals surface area contributed by atoms with Gasteiger partial charge in [0, 0.05) is 19.7 Å². The third-order valence-electron chi connectivity index (χ3n) is 2.84. The zero-order valence-corrected chi connectivity index (χ0v) is 10.4. The molecule has 2 aromatic rings. The quantitative estimate of drug-likeness (QED) is 0.874. The van der Waals surface area contributed by atoms with Gasteiger partial charge in [0.1, 0.15) is 0 Å². The number of hydrogen-bond donors (Lipinski definition) is 1. The van der Waals surface area contributed by atoms with E-state index in [9.17, 15) is 5.11 Å². The van der Waals surface area contributed by atoms with Crippen LogP contribution in [-0.4, -0.2) is 20.1 Å². The lowest BCUT2D eigenvalue weighted by Crippen LogP contribution is -2.04. The van der Waals surface area contributed by atoms with E-state index in [1.807, 2.05) is 39.2 Å². The molecule has 0 amide bonds. The van der Waals surface area contributed by atoms with Gasteiger partial charge in [-0.1, -0.05) is 29.0 Å². The molecule has 1 unspecified atom stereocenters. The van der Waals surface area contributed by atoms with Crippen molar-refractivity contribution in [2.24, 2.45) is 7.05 Å². The van der Waals surface area contributed by atoms with Gasteiger partial charge >= 0.3 is 0 Å². The lowest BCUT2D eigenvalue weighted by atomic mass is 9.98. The Labute approximate surface area is 101 Å². The highest BCUT2D eigenvalue weighted by Gasteiger charge is 2.13. The second-order valence-corrected chi connectivity index (χ2v) is 4.46. The maximum Gasteiger partial charge on any atom is 0.0856 e. The first-order chi connectivity index (χ1) is 8.06. The van der Waals surface area contributed by atoms with E-state index in [0.29, 0.717) is 6.42 Å². The first-order valence-corrected chi connectivity index (χ1v) is 5.66. The van der Waals surface area contributed by atoms with Gasteiger partial charge in [0.25, 0.3) is 0 Å². The molecule has 0 saturated carbocycles. The smallest absolute Gasteiger partial charge is 0.0856 e.